The SMILES string of the molecule is CNCc1cccn1CC(=O)NCCC(C)C. The van der Waals surface area contributed by atoms with Crippen molar-refractivity contribution in [2.45, 2.75) is 33.4 Å². The molecule has 17 heavy (non-hydrogen) atoms. The van der Waals surface area contributed by atoms with Gasteiger partial charge in [-0.05, 0) is 31.5 Å². The molecule has 0 aliphatic heterocycles. The molecule has 0 saturated carbocycles. The van der Waals surface area contributed by atoms with Crippen LogP contribution >= 0.6 is 0 Å². The molecule has 1 heterocycles. The first-order chi connectivity index (χ1) is 8.13. The zero-order valence-electron chi connectivity index (χ0n) is 11.0. The van der Waals surface area contributed by atoms with Gasteiger partial charge in [0.1, 0.15) is 6.54 Å². The Morgan fingerprint density at radius 2 is 2.24 bits per heavy atom. The van der Waals surface area contributed by atoms with E-state index in [1.165, 1.54) is 0 Å². The summed E-state index contributed by atoms with van der Waals surface area (Å²) in [6.07, 6.45) is 2.97. The van der Waals surface area contributed by atoms with E-state index in [-0.39, 0.29) is 5.91 Å². The Balaban J connectivity index is 2.37. The lowest BCUT2D eigenvalue weighted by Crippen LogP contribution is -2.29. The van der Waals surface area contributed by atoms with Crippen molar-refractivity contribution >= 4 is 5.91 Å². The highest BCUT2D eigenvalue weighted by atomic mass is 16.1. The van der Waals surface area contributed by atoms with E-state index in [2.05, 4.69) is 24.5 Å². The Labute approximate surface area is 103 Å². The van der Waals surface area contributed by atoms with E-state index in [1.807, 2.05) is 29.9 Å². The molecule has 1 rings (SSSR count). The predicted octanol–water partition coefficient (Wildman–Crippen LogP) is 1.37. The van der Waals surface area contributed by atoms with Gasteiger partial charge in [-0.15, -0.1) is 0 Å². The lowest BCUT2D eigenvalue weighted by Gasteiger charge is -2.10. The number of nitrogens with zero attached hydrogens (tertiary/aromatic N) is 1. The fourth-order valence-corrected chi connectivity index (χ4v) is 1.66. The summed E-state index contributed by atoms with van der Waals surface area (Å²) < 4.78 is 1.97. The van der Waals surface area contributed by atoms with Gasteiger partial charge in [-0.2, -0.15) is 0 Å². The molecule has 0 spiro atoms. The van der Waals surface area contributed by atoms with Gasteiger partial charge in [0.2, 0.25) is 5.91 Å². The molecule has 1 aromatic heterocycles. The largest absolute Gasteiger partial charge is 0.355 e. The van der Waals surface area contributed by atoms with Gasteiger partial charge >= 0.3 is 0 Å². The molecular formula is C13H23N3O. The molecule has 4 nitrogen and oxygen atoms in total. The van der Waals surface area contributed by atoms with E-state index < -0.39 is 0 Å². The average Bonchev–Trinajstić information content (AvgIpc) is 2.66. The molecule has 0 saturated heterocycles. The van der Waals surface area contributed by atoms with Crippen LogP contribution in [0.2, 0.25) is 0 Å². The van der Waals surface area contributed by atoms with Crippen molar-refractivity contribution in [2.24, 2.45) is 5.92 Å². The maximum Gasteiger partial charge on any atom is 0.239 e. The molecule has 0 atom stereocenters. The van der Waals surface area contributed by atoms with Gasteiger partial charge in [0, 0.05) is 25.0 Å². The third kappa shape index (κ3) is 5.04. The summed E-state index contributed by atoms with van der Waals surface area (Å²) in [6, 6.07) is 3.99. The zero-order valence-corrected chi connectivity index (χ0v) is 11.0. The minimum absolute atomic E-state index is 0.0826. The first-order valence-corrected chi connectivity index (χ1v) is 6.18. The summed E-state index contributed by atoms with van der Waals surface area (Å²) in [5.41, 5.74) is 1.13. The van der Waals surface area contributed by atoms with E-state index in [1.54, 1.807) is 0 Å². The lowest BCUT2D eigenvalue weighted by molar-refractivity contribution is -0.121. The van der Waals surface area contributed by atoms with Crippen molar-refractivity contribution in [1.29, 1.82) is 0 Å². The second kappa shape index (κ2) is 7.12. The fourth-order valence-electron chi connectivity index (χ4n) is 1.66. The number of carbonyl (C=O) groups excluding carboxylic acids is 1. The van der Waals surface area contributed by atoms with Crippen LogP contribution in [-0.2, 0) is 17.9 Å². The second-order valence-corrected chi connectivity index (χ2v) is 4.69. The summed E-state index contributed by atoms with van der Waals surface area (Å²) in [5, 5.41) is 6.03. The van der Waals surface area contributed by atoms with Crippen LogP contribution in [0.15, 0.2) is 18.3 Å². The minimum atomic E-state index is 0.0826. The first kappa shape index (κ1) is 13.8. The Bertz CT molecular complexity index is 344. The number of hydrogen-bond acceptors (Lipinski definition) is 2. The normalized spacial score (nSPS) is 10.8. The Morgan fingerprint density at radius 1 is 1.47 bits per heavy atom. The fraction of sp³-hybridized carbons (Fsp3) is 0.615. The average molecular weight is 237 g/mol. The van der Waals surface area contributed by atoms with Gasteiger partial charge in [-0.3, -0.25) is 4.79 Å². The molecule has 0 aliphatic rings. The number of hydrogen-bond donors (Lipinski definition) is 2. The molecule has 0 bridgehead atoms. The zero-order chi connectivity index (χ0) is 12.7. The van der Waals surface area contributed by atoms with Crippen LogP contribution in [-0.4, -0.2) is 24.1 Å². The maximum absolute atomic E-state index is 11.7. The highest BCUT2D eigenvalue weighted by Crippen LogP contribution is 2.02. The van der Waals surface area contributed by atoms with Crippen LogP contribution in [0.3, 0.4) is 0 Å². The van der Waals surface area contributed by atoms with E-state index in [0.717, 1.165) is 25.2 Å². The Hall–Kier alpha value is -1.29. The number of amides is 1. The van der Waals surface area contributed by atoms with Crippen LogP contribution in [0.1, 0.15) is 26.0 Å². The highest BCUT2D eigenvalue weighted by molar-refractivity contribution is 5.75. The molecule has 2 N–H and O–H groups in total. The first-order valence-electron chi connectivity index (χ1n) is 6.18. The lowest BCUT2D eigenvalue weighted by atomic mass is 10.1. The summed E-state index contributed by atoms with van der Waals surface area (Å²) in [7, 11) is 1.90. The van der Waals surface area contributed by atoms with E-state index >= 15 is 0 Å². The van der Waals surface area contributed by atoms with Gasteiger partial charge in [0.05, 0.1) is 0 Å². The third-order valence-corrected chi connectivity index (χ3v) is 2.64. The van der Waals surface area contributed by atoms with Crippen LogP contribution in [0.25, 0.3) is 0 Å². The van der Waals surface area contributed by atoms with Crippen LogP contribution in [0.5, 0.6) is 0 Å². The number of rotatable bonds is 7. The van der Waals surface area contributed by atoms with Crippen LogP contribution in [0, 0.1) is 5.92 Å². The van der Waals surface area contributed by atoms with Gasteiger partial charge < -0.3 is 15.2 Å². The number of carbonyl (C=O) groups is 1. The molecule has 0 aliphatic carbocycles. The minimum Gasteiger partial charge on any atom is -0.355 e. The van der Waals surface area contributed by atoms with Crippen molar-refractivity contribution in [3.05, 3.63) is 24.0 Å². The third-order valence-electron chi connectivity index (χ3n) is 2.64. The number of nitrogens with one attached hydrogen (secondary N) is 2. The molecule has 0 fully saturated rings. The summed E-state index contributed by atoms with van der Waals surface area (Å²) >= 11 is 0. The predicted molar refractivity (Wildman–Crippen MR) is 69.7 cm³/mol. The summed E-state index contributed by atoms with van der Waals surface area (Å²) in [5.74, 6) is 0.709. The van der Waals surface area contributed by atoms with Gasteiger partial charge in [-0.1, -0.05) is 13.8 Å². The summed E-state index contributed by atoms with van der Waals surface area (Å²) in [6.45, 7) is 6.26. The van der Waals surface area contributed by atoms with Gasteiger partial charge in [0.15, 0.2) is 0 Å². The van der Waals surface area contributed by atoms with Crippen molar-refractivity contribution in [1.82, 2.24) is 15.2 Å². The molecule has 0 radical (unpaired) electrons. The van der Waals surface area contributed by atoms with Crippen molar-refractivity contribution in [2.75, 3.05) is 13.6 Å². The second-order valence-electron chi connectivity index (χ2n) is 4.69. The molecule has 96 valence electrons. The van der Waals surface area contributed by atoms with Crippen LogP contribution < -0.4 is 10.6 Å². The standard InChI is InChI=1S/C13H23N3O/c1-11(2)6-7-15-13(17)10-16-8-4-5-12(16)9-14-3/h4-5,8,11,14H,6-7,9-10H2,1-3H3,(H,15,17). The molecule has 0 unspecified atom stereocenters. The molecular weight excluding hydrogens is 214 g/mol. The quantitative estimate of drug-likeness (QED) is 0.752. The van der Waals surface area contributed by atoms with Crippen LogP contribution in [0.4, 0.5) is 0 Å². The molecule has 1 amide bonds. The van der Waals surface area contributed by atoms with E-state index in [0.29, 0.717) is 12.5 Å². The number of aromatic nitrogens is 1. The van der Waals surface area contributed by atoms with E-state index in [4.69, 9.17) is 0 Å². The van der Waals surface area contributed by atoms with E-state index in [9.17, 15) is 4.79 Å². The maximum atomic E-state index is 11.7. The Kier molecular flexibility index (Phi) is 5.77. The summed E-state index contributed by atoms with van der Waals surface area (Å²) in [4.78, 5) is 11.7. The van der Waals surface area contributed by atoms with Gasteiger partial charge in [0.25, 0.3) is 0 Å². The highest BCUT2D eigenvalue weighted by Gasteiger charge is 2.05. The molecule has 1 aromatic rings. The van der Waals surface area contributed by atoms with Crippen molar-refractivity contribution in [3.63, 3.8) is 0 Å². The van der Waals surface area contributed by atoms with Gasteiger partial charge in [-0.25, -0.2) is 0 Å². The van der Waals surface area contributed by atoms with Crippen molar-refractivity contribution in [3.8, 4) is 0 Å². The Morgan fingerprint density at radius 3 is 2.88 bits per heavy atom. The monoisotopic (exact) mass is 237 g/mol. The smallest absolute Gasteiger partial charge is 0.239 e. The molecule has 4 heteroatoms. The molecule has 0 aromatic carbocycles. The van der Waals surface area contributed by atoms with Crippen molar-refractivity contribution < 1.29 is 4.79 Å². The topological polar surface area (TPSA) is 46.1 Å².